The molecule has 1 atom stereocenters. The van der Waals surface area contributed by atoms with Crippen LogP contribution < -0.4 is 10.3 Å². The van der Waals surface area contributed by atoms with Crippen LogP contribution in [0.3, 0.4) is 0 Å². The number of methoxy groups -OCH3 is 1. The van der Waals surface area contributed by atoms with Crippen LogP contribution in [-0.4, -0.2) is 22.5 Å². The molecule has 6 heteroatoms. The molecule has 2 aromatic heterocycles. The molecule has 0 fully saturated rings. The summed E-state index contributed by atoms with van der Waals surface area (Å²) in [5.41, 5.74) is 4.29. The number of allylic oxidation sites excluding steroid dienone is 1. The minimum atomic E-state index is -0.488. The lowest BCUT2D eigenvalue weighted by atomic mass is 9.97. The maximum Gasteiger partial charge on any atom is 0.252 e. The van der Waals surface area contributed by atoms with E-state index in [4.69, 9.17) is 16.3 Å². The Kier molecular flexibility index (Phi) is 3.69. The van der Waals surface area contributed by atoms with Gasteiger partial charge in [-0.1, -0.05) is 18.2 Å². The number of nitrogens with one attached hydrogen (secondary N) is 2. The molecule has 0 spiro atoms. The SMILES string of the molecule is COc1cccc(-c2c(C)c(=O)[nH]c3c4c([nH]c23)C=CC(Cl)C4)c1F. The number of pyridine rings is 1. The number of aromatic amines is 2. The van der Waals surface area contributed by atoms with Gasteiger partial charge in [0.15, 0.2) is 11.6 Å². The highest BCUT2D eigenvalue weighted by Gasteiger charge is 2.23. The lowest BCUT2D eigenvalue weighted by Gasteiger charge is -2.12. The molecule has 128 valence electrons. The van der Waals surface area contributed by atoms with Crippen molar-refractivity contribution in [3.63, 3.8) is 0 Å². The van der Waals surface area contributed by atoms with Crippen molar-refractivity contribution < 1.29 is 9.13 Å². The van der Waals surface area contributed by atoms with E-state index in [9.17, 15) is 9.18 Å². The van der Waals surface area contributed by atoms with Crippen molar-refractivity contribution in [2.24, 2.45) is 0 Å². The Bertz CT molecular complexity index is 1080. The Balaban J connectivity index is 2.10. The Labute approximate surface area is 148 Å². The zero-order chi connectivity index (χ0) is 17.7. The van der Waals surface area contributed by atoms with E-state index in [-0.39, 0.29) is 16.7 Å². The first-order valence-electron chi connectivity index (χ1n) is 7.93. The predicted octanol–water partition coefficient (Wildman–Crippen LogP) is 4.16. The van der Waals surface area contributed by atoms with Crippen LogP contribution in [0.2, 0.25) is 0 Å². The summed E-state index contributed by atoms with van der Waals surface area (Å²) in [6.45, 7) is 1.69. The van der Waals surface area contributed by atoms with Gasteiger partial charge in [0.25, 0.3) is 5.56 Å². The van der Waals surface area contributed by atoms with Gasteiger partial charge in [0, 0.05) is 27.9 Å². The van der Waals surface area contributed by atoms with Gasteiger partial charge in [-0.3, -0.25) is 4.79 Å². The zero-order valence-corrected chi connectivity index (χ0v) is 14.5. The minimum absolute atomic E-state index is 0.131. The van der Waals surface area contributed by atoms with Crippen LogP contribution in [0.1, 0.15) is 16.8 Å². The van der Waals surface area contributed by atoms with Crippen LogP contribution in [0, 0.1) is 12.7 Å². The molecule has 1 aromatic carbocycles. The number of aromatic nitrogens is 2. The number of benzene rings is 1. The molecule has 3 aromatic rings. The number of H-pyrrole nitrogens is 2. The Morgan fingerprint density at radius 3 is 2.84 bits per heavy atom. The quantitative estimate of drug-likeness (QED) is 0.676. The maximum atomic E-state index is 14.9. The summed E-state index contributed by atoms with van der Waals surface area (Å²) >= 11 is 6.23. The third-order valence-electron chi connectivity index (χ3n) is 4.66. The molecule has 0 saturated heterocycles. The molecule has 4 rings (SSSR count). The molecule has 2 heterocycles. The molecule has 1 aliphatic rings. The van der Waals surface area contributed by atoms with Gasteiger partial charge in [-0.05, 0) is 25.5 Å². The number of ether oxygens (including phenoxy) is 1. The molecular formula is C19H16ClFN2O2. The van der Waals surface area contributed by atoms with E-state index in [1.165, 1.54) is 7.11 Å². The van der Waals surface area contributed by atoms with Gasteiger partial charge in [0.05, 0.1) is 23.5 Å². The highest BCUT2D eigenvalue weighted by molar-refractivity contribution is 6.22. The van der Waals surface area contributed by atoms with Gasteiger partial charge in [0.1, 0.15) is 0 Å². The van der Waals surface area contributed by atoms with E-state index in [2.05, 4.69) is 9.97 Å². The predicted molar refractivity (Wildman–Crippen MR) is 98.0 cm³/mol. The number of rotatable bonds is 2. The average molecular weight is 359 g/mol. The number of hydrogen-bond acceptors (Lipinski definition) is 2. The monoisotopic (exact) mass is 358 g/mol. The van der Waals surface area contributed by atoms with Crippen molar-refractivity contribution in [3.05, 3.63) is 57.3 Å². The molecule has 0 saturated carbocycles. The van der Waals surface area contributed by atoms with E-state index in [0.717, 1.165) is 11.3 Å². The van der Waals surface area contributed by atoms with Gasteiger partial charge in [-0.2, -0.15) is 0 Å². The van der Waals surface area contributed by atoms with Crippen LogP contribution in [0.25, 0.3) is 28.2 Å². The number of alkyl halides is 1. The van der Waals surface area contributed by atoms with Crippen LogP contribution in [-0.2, 0) is 6.42 Å². The molecule has 0 bridgehead atoms. The van der Waals surface area contributed by atoms with Crippen molar-refractivity contribution in [3.8, 4) is 16.9 Å². The van der Waals surface area contributed by atoms with Gasteiger partial charge in [-0.15, -0.1) is 11.6 Å². The highest BCUT2D eigenvalue weighted by Crippen LogP contribution is 2.37. The van der Waals surface area contributed by atoms with Crippen LogP contribution in [0.4, 0.5) is 4.39 Å². The third kappa shape index (κ3) is 2.38. The Morgan fingerprint density at radius 2 is 2.08 bits per heavy atom. The van der Waals surface area contributed by atoms with Gasteiger partial charge in [0.2, 0.25) is 0 Å². The summed E-state index contributed by atoms with van der Waals surface area (Å²) in [6, 6.07) is 4.92. The number of hydrogen-bond donors (Lipinski definition) is 2. The van der Waals surface area contributed by atoms with Crippen molar-refractivity contribution in [2.45, 2.75) is 18.7 Å². The maximum absolute atomic E-state index is 14.9. The normalized spacial score (nSPS) is 16.2. The summed E-state index contributed by atoms with van der Waals surface area (Å²) in [7, 11) is 1.42. The van der Waals surface area contributed by atoms with Crippen molar-refractivity contribution in [1.29, 1.82) is 0 Å². The fourth-order valence-electron chi connectivity index (χ4n) is 3.41. The summed E-state index contributed by atoms with van der Waals surface area (Å²) in [6.07, 6.45) is 4.40. The van der Waals surface area contributed by atoms with Crippen molar-refractivity contribution >= 4 is 28.7 Å². The van der Waals surface area contributed by atoms with Gasteiger partial charge >= 0.3 is 0 Å². The van der Waals surface area contributed by atoms with E-state index < -0.39 is 5.82 Å². The summed E-state index contributed by atoms with van der Waals surface area (Å²) < 4.78 is 19.9. The largest absolute Gasteiger partial charge is 0.494 e. The number of fused-ring (bicyclic) bond motifs is 3. The van der Waals surface area contributed by atoms with Crippen molar-refractivity contribution in [1.82, 2.24) is 9.97 Å². The zero-order valence-electron chi connectivity index (χ0n) is 13.7. The molecule has 0 amide bonds. The highest BCUT2D eigenvalue weighted by atomic mass is 35.5. The van der Waals surface area contributed by atoms with Crippen molar-refractivity contribution in [2.75, 3.05) is 7.11 Å². The van der Waals surface area contributed by atoms with E-state index in [1.54, 1.807) is 25.1 Å². The van der Waals surface area contributed by atoms with Crippen LogP contribution in [0.5, 0.6) is 5.75 Å². The fraction of sp³-hybridized carbons (Fsp3) is 0.211. The topological polar surface area (TPSA) is 57.9 Å². The third-order valence-corrected chi connectivity index (χ3v) is 4.96. The Hall–Kier alpha value is -2.53. The second-order valence-electron chi connectivity index (χ2n) is 6.12. The Morgan fingerprint density at radius 1 is 1.28 bits per heavy atom. The lowest BCUT2D eigenvalue weighted by molar-refractivity contribution is 0.387. The molecular weight excluding hydrogens is 343 g/mol. The standard InChI is InChI=1S/C19H16ClFN2O2/c1-9-15(11-4-3-5-14(25-2)16(11)21)18-17(23-19(9)24)12-8-10(20)6-7-13(12)22-18/h3-7,10,22H,8H2,1-2H3,(H,23,24). The van der Waals surface area contributed by atoms with Gasteiger partial charge < -0.3 is 14.7 Å². The molecule has 25 heavy (non-hydrogen) atoms. The molecule has 0 aliphatic heterocycles. The lowest BCUT2D eigenvalue weighted by Crippen LogP contribution is -2.12. The molecule has 1 aliphatic carbocycles. The smallest absolute Gasteiger partial charge is 0.252 e. The van der Waals surface area contributed by atoms with Crippen LogP contribution >= 0.6 is 11.6 Å². The fourth-order valence-corrected chi connectivity index (χ4v) is 3.64. The molecule has 4 nitrogen and oxygen atoms in total. The first kappa shape index (κ1) is 16.0. The van der Waals surface area contributed by atoms with E-state index in [0.29, 0.717) is 34.1 Å². The first-order valence-corrected chi connectivity index (χ1v) is 8.37. The van der Waals surface area contributed by atoms with Gasteiger partial charge in [-0.25, -0.2) is 4.39 Å². The summed E-state index contributed by atoms with van der Waals surface area (Å²) in [5, 5.41) is -0.131. The molecule has 0 radical (unpaired) electrons. The average Bonchev–Trinajstić information content (AvgIpc) is 2.94. The summed E-state index contributed by atoms with van der Waals surface area (Å²) in [4.78, 5) is 18.7. The summed E-state index contributed by atoms with van der Waals surface area (Å²) in [5.74, 6) is -0.347. The minimum Gasteiger partial charge on any atom is -0.494 e. The van der Waals surface area contributed by atoms with E-state index in [1.807, 2.05) is 12.2 Å². The van der Waals surface area contributed by atoms with Crippen LogP contribution in [0.15, 0.2) is 29.1 Å². The number of halogens is 2. The second-order valence-corrected chi connectivity index (χ2v) is 6.68. The van der Waals surface area contributed by atoms with E-state index >= 15 is 0 Å². The molecule has 2 N–H and O–H groups in total. The first-order chi connectivity index (χ1) is 12.0. The second kappa shape index (κ2) is 5.77. The molecule has 1 unspecified atom stereocenters.